The molecular weight excluding hydrogens is 200 g/mol. The largest absolute Gasteiger partial charge is 0.392 e. The number of aliphatic hydroxyl groups excluding tert-OH is 2. The molecule has 0 bridgehead atoms. The molecule has 1 fully saturated rings. The van der Waals surface area contributed by atoms with Gasteiger partial charge >= 0.3 is 0 Å². The van der Waals surface area contributed by atoms with Crippen molar-refractivity contribution in [2.45, 2.75) is 44.9 Å². The smallest absolute Gasteiger partial charge is 0.0612 e. The maximum atomic E-state index is 8.76. The Kier molecular flexibility index (Phi) is 6.43. The molecule has 0 aromatic rings. The predicted octanol–water partition coefficient (Wildman–Crippen LogP) is 2.81. The van der Waals surface area contributed by atoms with Gasteiger partial charge < -0.3 is 10.2 Å². The van der Waals surface area contributed by atoms with Crippen molar-refractivity contribution in [1.82, 2.24) is 0 Å². The molecule has 0 aromatic carbocycles. The lowest BCUT2D eigenvalue weighted by atomic mass is 9.69. The highest BCUT2D eigenvalue weighted by Gasteiger charge is 2.29. The van der Waals surface area contributed by atoms with Crippen LogP contribution in [0.2, 0.25) is 0 Å². The summed E-state index contributed by atoms with van der Waals surface area (Å²) in [4.78, 5) is 0. The van der Waals surface area contributed by atoms with Crippen molar-refractivity contribution in [2.24, 2.45) is 5.41 Å². The molecule has 2 N–H and O–H groups in total. The molecule has 2 nitrogen and oxygen atoms in total. The van der Waals surface area contributed by atoms with Gasteiger partial charge in [-0.1, -0.05) is 43.6 Å². The predicted molar refractivity (Wildman–Crippen MR) is 67.2 cm³/mol. The SMILES string of the molecule is OC/C=C/CC1(C/C=C/CO)CCCCC1. The van der Waals surface area contributed by atoms with E-state index in [1.54, 1.807) is 0 Å². The van der Waals surface area contributed by atoms with Crippen molar-refractivity contribution in [2.75, 3.05) is 13.2 Å². The van der Waals surface area contributed by atoms with Gasteiger partial charge in [0.25, 0.3) is 0 Å². The van der Waals surface area contributed by atoms with E-state index in [2.05, 4.69) is 12.2 Å². The fourth-order valence-corrected chi connectivity index (χ4v) is 2.61. The van der Waals surface area contributed by atoms with Crippen molar-refractivity contribution >= 4 is 0 Å². The second-order valence-electron chi connectivity index (χ2n) is 4.78. The number of hydrogen-bond donors (Lipinski definition) is 2. The molecule has 0 saturated heterocycles. The van der Waals surface area contributed by atoms with Gasteiger partial charge in [0, 0.05) is 0 Å². The van der Waals surface area contributed by atoms with Crippen LogP contribution in [0.25, 0.3) is 0 Å². The summed E-state index contributed by atoms with van der Waals surface area (Å²) in [5.41, 5.74) is 0.385. The molecule has 2 heteroatoms. The highest BCUT2D eigenvalue weighted by atomic mass is 16.3. The summed E-state index contributed by atoms with van der Waals surface area (Å²) in [6.45, 7) is 0.283. The van der Waals surface area contributed by atoms with Gasteiger partial charge in [-0.15, -0.1) is 0 Å². The third kappa shape index (κ3) is 4.50. The fourth-order valence-electron chi connectivity index (χ4n) is 2.61. The maximum Gasteiger partial charge on any atom is 0.0612 e. The van der Waals surface area contributed by atoms with Crippen LogP contribution >= 0.6 is 0 Å². The Hall–Kier alpha value is -0.600. The summed E-state index contributed by atoms with van der Waals surface area (Å²) in [6.07, 6.45) is 16.6. The highest BCUT2D eigenvalue weighted by Crippen LogP contribution is 2.42. The standard InChI is InChI=1S/C14H24O2/c15-12-6-4-10-14(11-5-7-13-16)8-2-1-3-9-14/h4-7,15-16H,1-3,8-13H2/b6-4+,7-5+. The quantitative estimate of drug-likeness (QED) is 0.681. The molecule has 0 radical (unpaired) electrons. The summed E-state index contributed by atoms with van der Waals surface area (Å²) >= 11 is 0. The summed E-state index contributed by atoms with van der Waals surface area (Å²) in [5.74, 6) is 0. The third-order valence-corrected chi connectivity index (χ3v) is 3.56. The van der Waals surface area contributed by atoms with Crippen molar-refractivity contribution in [1.29, 1.82) is 0 Å². The van der Waals surface area contributed by atoms with Gasteiger partial charge in [0.05, 0.1) is 13.2 Å². The van der Waals surface area contributed by atoms with Gasteiger partial charge in [-0.2, -0.15) is 0 Å². The lowest BCUT2D eigenvalue weighted by molar-refractivity contribution is 0.193. The number of aliphatic hydroxyl groups is 2. The minimum Gasteiger partial charge on any atom is -0.392 e. The van der Waals surface area contributed by atoms with Crippen LogP contribution in [-0.2, 0) is 0 Å². The molecule has 1 aliphatic carbocycles. The van der Waals surface area contributed by atoms with Gasteiger partial charge in [0.15, 0.2) is 0 Å². The van der Waals surface area contributed by atoms with Crippen LogP contribution in [0.15, 0.2) is 24.3 Å². The third-order valence-electron chi connectivity index (χ3n) is 3.56. The molecule has 1 aliphatic rings. The van der Waals surface area contributed by atoms with Crippen LogP contribution in [0.5, 0.6) is 0 Å². The Bertz CT molecular complexity index is 207. The van der Waals surface area contributed by atoms with Crippen LogP contribution in [0.1, 0.15) is 44.9 Å². The lowest BCUT2D eigenvalue weighted by Gasteiger charge is -2.36. The van der Waals surface area contributed by atoms with E-state index in [1.165, 1.54) is 32.1 Å². The van der Waals surface area contributed by atoms with Crippen molar-refractivity contribution in [3.63, 3.8) is 0 Å². The molecule has 0 unspecified atom stereocenters. The van der Waals surface area contributed by atoms with Gasteiger partial charge in [-0.3, -0.25) is 0 Å². The average molecular weight is 224 g/mol. The van der Waals surface area contributed by atoms with E-state index in [4.69, 9.17) is 10.2 Å². The zero-order valence-electron chi connectivity index (χ0n) is 10.1. The average Bonchev–Trinajstić information content (AvgIpc) is 2.31. The fraction of sp³-hybridized carbons (Fsp3) is 0.714. The number of hydrogen-bond acceptors (Lipinski definition) is 2. The molecular formula is C14H24O2. The molecule has 1 saturated carbocycles. The van der Waals surface area contributed by atoms with E-state index in [-0.39, 0.29) is 13.2 Å². The second kappa shape index (κ2) is 7.64. The highest BCUT2D eigenvalue weighted by molar-refractivity contribution is 4.97. The topological polar surface area (TPSA) is 40.5 Å². The Balaban J connectivity index is 2.52. The molecule has 0 aliphatic heterocycles. The van der Waals surface area contributed by atoms with Crippen molar-refractivity contribution in [3.05, 3.63) is 24.3 Å². The first-order valence-corrected chi connectivity index (χ1v) is 6.35. The van der Waals surface area contributed by atoms with E-state index in [0.29, 0.717) is 5.41 Å². The van der Waals surface area contributed by atoms with E-state index in [0.717, 1.165) is 12.8 Å². The normalized spacial score (nSPS) is 20.9. The van der Waals surface area contributed by atoms with Gasteiger partial charge in [0.2, 0.25) is 0 Å². The first-order valence-electron chi connectivity index (χ1n) is 6.35. The molecule has 0 atom stereocenters. The first-order chi connectivity index (χ1) is 7.83. The number of rotatable bonds is 6. The van der Waals surface area contributed by atoms with E-state index in [1.807, 2.05) is 12.2 Å². The zero-order valence-corrected chi connectivity index (χ0v) is 10.1. The monoisotopic (exact) mass is 224 g/mol. The Labute approximate surface area is 98.7 Å². The van der Waals surface area contributed by atoms with Crippen LogP contribution < -0.4 is 0 Å². The van der Waals surface area contributed by atoms with Crippen molar-refractivity contribution in [3.8, 4) is 0 Å². The van der Waals surface area contributed by atoms with Gasteiger partial charge in [0.1, 0.15) is 0 Å². The molecule has 1 rings (SSSR count). The zero-order chi connectivity index (χ0) is 11.7. The van der Waals surface area contributed by atoms with Crippen LogP contribution in [0, 0.1) is 5.41 Å². The van der Waals surface area contributed by atoms with Crippen LogP contribution in [0.3, 0.4) is 0 Å². The van der Waals surface area contributed by atoms with E-state index < -0.39 is 0 Å². The van der Waals surface area contributed by atoms with Crippen molar-refractivity contribution < 1.29 is 10.2 Å². The summed E-state index contributed by atoms with van der Waals surface area (Å²) in [7, 11) is 0. The van der Waals surface area contributed by atoms with Crippen LogP contribution in [0.4, 0.5) is 0 Å². The molecule has 0 heterocycles. The van der Waals surface area contributed by atoms with Crippen LogP contribution in [-0.4, -0.2) is 23.4 Å². The minimum absolute atomic E-state index is 0.141. The Morgan fingerprint density at radius 3 is 1.69 bits per heavy atom. The molecule has 0 spiro atoms. The minimum atomic E-state index is 0.141. The Morgan fingerprint density at radius 2 is 1.25 bits per heavy atom. The molecule has 16 heavy (non-hydrogen) atoms. The maximum absolute atomic E-state index is 8.76. The summed E-state index contributed by atoms with van der Waals surface area (Å²) in [5, 5.41) is 17.5. The van der Waals surface area contributed by atoms with E-state index in [9.17, 15) is 0 Å². The second-order valence-corrected chi connectivity index (χ2v) is 4.78. The summed E-state index contributed by atoms with van der Waals surface area (Å²) in [6, 6.07) is 0. The number of allylic oxidation sites excluding steroid dienone is 2. The molecule has 0 aromatic heterocycles. The molecule has 0 amide bonds. The Morgan fingerprint density at radius 1 is 0.750 bits per heavy atom. The van der Waals surface area contributed by atoms with E-state index >= 15 is 0 Å². The molecule has 92 valence electrons. The first kappa shape index (κ1) is 13.5. The lowest BCUT2D eigenvalue weighted by Crippen LogP contribution is -2.22. The van der Waals surface area contributed by atoms with Gasteiger partial charge in [-0.05, 0) is 31.1 Å². The van der Waals surface area contributed by atoms with Gasteiger partial charge in [-0.25, -0.2) is 0 Å². The summed E-state index contributed by atoms with van der Waals surface area (Å²) < 4.78 is 0.